The van der Waals surface area contributed by atoms with Crippen LogP contribution in [0, 0.1) is 0 Å². The minimum atomic E-state index is -0.454. The lowest BCUT2D eigenvalue weighted by Crippen LogP contribution is -2.29. The number of likely N-dealkylation sites (tertiary alicyclic amines) is 1. The summed E-state index contributed by atoms with van der Waals surface area (Å²) in [5.74, 6) is -0.454. The second-order valence-electron chi connectivity index (χ2n) is 5.34. The van der Waals surface area contributed by atoms with Crippen LogP contribution in [0.4, 0.5) is 0 Å². The zero-order valence-electron chi connectivity index (χ0n) is 12.6. The summed E-state index contributed by atoms with van der Waals surface area (Å²) in [4.78, 5) is 31.8. The first kappa shape index (κ1) is 15.2. The van der Waals surface area contributed by atoms with Crippen LogP contribution in [0.5, 0.6) is 0 Å². The Morgan fingerprint density at radius 3 is 2.86 bits per heavy atom. The molecule has 0 radical (unpaired) electrons. The summed E-state index contributed by atoms with van der Waals surface area (Å²) in [6.45, 7) is 5.67. The van der Waals surface area contributed by atoms with Crippen LogP contribution >= 0.6 is 11.3 Å². The molecule has 0 spiro atoms. The Kier molecular flexibility index (Phi) is 4.54. The molecule has 118 valence electrons. The van der Waals surface area contributed by atoms with Crippen LogP contribution in [0.1, 0.15) is 30.1 Å². The first-order chi connectivity index (χ1) is 10.7. The van der Waals surface area contributed by atoms with Crippen LogP contribution in [0.15, 0.2) is 16.5 Å². The topological polar surface area (TPSA) is 64.4 Å². The number of rotatable bonds is 5. The number of ether oxygens (including phenoxy) is 1. The number of hydrogen-bond donors (Lipinski definition) is 0. The minimum Gasteiger partial charge on any atom is -0.462 e. The Morgan fingerprint density at radius 2 is 2.14 bits per heavy atom. The Bertz CT molecular complexity index is 731. The van der Waals surface area contributed by atoms with Crippen LogP contribution < -0.4 is 5.56 Å². The predicted octanol–water partition coefficient (Wildman–Crippen LogP) is 1.73. The molecule has 3 heterocycles. The molecule has 0 unspecified atom stereocenters. The highest BCUT2D eigenvalue weighted by molar-refractivity contribution is 7.17. The maximum Gasteiger partial charge on any atom is 0.339 e. The van der Waals surface area contributed by atoms with Crippen molar-refractivity contribution < 1.29 is 9.53 Å². The van der Waals surface area contributed by atoms with Crippen molar-refractivity contribution in [2.24, 2.45) is 0 Å². The smallest absolute Gasteiger partial charge is 0.339 e. The number of carbonyl (C=O) groups is 1. The number of fused-ring (bicyclic) bond motifs is 1. The fraction of sp³-hybridized carbons (Fsp3) is 0.533. The van der Waals surface area contributed by atoms with Gasteiger partial charge in [-0.15, -0.1) is 11.3 Å². The van der Waals surface area contributed by atoms with E-state index < -0.39 is 5.97 Å². The van der Waals surface area contributed by atoms with Gasteiger partial charge in [0.1, 0.15) is 4.83 Å². The molecule has 1 saturated heterocycles. The molecule has 0 N–H and O–H groups in total. The van der Waals surface area contributed by atoms with E-state index in [0.29, 0.717) is 28.9 Å². The maximum atomic E-state index is 12.6. The van der Waals surface area contributed by atoms with E-state index in [0.717, 1.165) is 19.6 Å². The molecule has 0 atom stereocenters. The first-order valence-corrected chi connectivity index (χ1v) is 8.44. The summed E-state index contributed by atoms with van der Waals surface area (Å²) < 4.78 is 6.61. The van der Waals surface area contributed by atoms with Gasteiger partial charge in [-0.1, -0.05) is 0 Å². The van der Waals surface area contributed by atoms with Crippen molar-refractivity contribution >= 4 is 27.5 Å². The van der Waals surface area contributed by atoms with Gasteiger partial charge in [-0.2, -0.15) is 0 Å². The zero-order chi connectivity index (χ0) is 15.5. The molecule has 0 saturated carbocycles. The molecule has 1 aliphatic heterocycles. The fourth-order valence-electron chi connectivity index (χ4n) is 2.74. The van der Waals surface area contributed by atoms with Crippen LogP contribution in [0.25, 0.3) is 10.2 Å². The second-order valence-corrected chi connectivity index (χ2v) is 6.20. The van der Waals surface area contributed by atoms with Crippen molar-refractivity contribution in [2.45, 2.75) is 26.3 Å². The summed E-state index contributed by atoms with van der Waals surface area (Å²) in [5, 5.41) is 2.04. The van der Waals surface area contributed by atoms with E-state index in [4.69, 9.17) is 4.74 Å². The van der Waals surface area contributed by atoms with Crippen molar-refractivity contribution in [3.05, 3.63) is 27.6 Å². The molecule has 2 aromatic rings. The van der Waals surface area contributed by atoms with E-state index in [1.54, 1.807) is 23.2 Å². The van der Waals surface area contributed by atoms with Gasteiger partial charge in [-0.05, 0) is 32.9 Å². The molecular formula is C15H19N3O3S. The molecule has 6 nitrogen and oxygen atoms in total. The second kappa shape index (κ2) is 6.58. The SMILES string of the molecule is CCOC(=O)c1csc2ncn(CCN3CCCC3)c(=O)c12. The van der Waals surface area contributed by atoms with Crippen molar-refractivity contribution in [1.82, 2.24) is 14.5 Å². The van der Waals surface area contributed by atoms with Gasteiger partial charge in [0.25, 0.3) is 5.56 Å². The standard InChI is InChI=1S/C15H19N3O3S/c1-2-21-15(20)11-9-22-13-12(11)14(19)18(10-16-13)8-7-17-5-3-4-6-17/h9-10H,2-8H2,1H3. The van der Waals surface area contributed by atoms with E-state index in [-0.39, 0.29) is 5.56 Å². The number of carbonyl (C=O) groups excluding carboxylic acids is 1. The molecule has 0 bridgehead atoms. The molecule has 0 aromatic carbocycles. The third-order valence-electron chi connectivity index (χ3n) is 3.91. The lowest BCUT2D eigenvalue weighted by molar-refractivity contribution is 0.0529. The minimum absolute atomic E-state index is 0.159. The highest BCUT2D eigenvalue weighted by atomic mass is 32.1. The van der Waals surface area contributed by atoms with Gasteiger partial charge in [0.2, 0.25) is 0 Å². The quantitative estimate of drug-likeness (QED) is 0.785. The van der Waals surface area contributed by atoms with Gasteiger partial charge in [0.15, 0.2) is 0 Å². The zero-order valence-corrected chi connectivity index (χ0v) is 13.4. The van der Waals surface area contributed by atoms with E-state index in [2.05, 4.69) is 9.88 Å². The van der Waals surface area contributed by atoms with Crippen molar-refractivity contribution in [2.75, 3.05) is 26.2 Å². The molecule has 7 heteroatoms. The number of thiophene rings is 1. The van der Waals surface area contributed by atoms with Crippen LogP contribution in [-0.4, -0.2) is 46.7 Å². The molecule has 3 rings (SSSR count). The predicted molar refractivity (Wildman–Crippen MR) is 85.5 cm³/mol. The number of hydrogen-bond acceptors (Lipinski definition) is 6. The van der Waals surface area contributed by atoms with Crippen LogP contribution in [-0.2, 0) is 11.3 Å². The number of nitrogens with zero attached hydrogens (tertiary/aromatic N) is 3. The Hall–Kier alpha value is -1.73. The number of aromatic nitrogens is 2. The molecule has 0 amide bonds. The summed E-state index contributed by atoms with van der Waals surface area (Å²) in [6, 6.07) is 0. The van der Waals surface area contributed by atoms with E-state index in [1.807, 2.05) is 0 Å². The van der Waals surface area contributed by atoms with Crippen LogP contribution in [0.2, 0.25) is 0 Å². The van der Waals surface area contributed by atoms with Gasteiger partial charge in [-0.25, -0.2) is 9.78 Å². The third kappa shape index (κ3) is 2.91. The van der Waals surface area contributed by atoms with E-state index in [9.17, 15) is 9.59 Å². The van der Waals surface area contributed by atoms with Crippen molar-refractivity contribution in [3.63, 3.8) is 0 Å². The highest BCUT2D eigenvalue weighted by Gasteiger charge is 2.19. The normalized spacial score (nSPS) is 15.5. The monoisotopic (exact) mass is 321 g/mol. The molecule has 2 aromatic heterocycles. The van der Waals surface area contributed by atoms with Crippen molar-refractivity contribution in [1.29, 1.82) is 0 Å². The van der Waals surface area contributed by atoms with Crippen molar-refractivity contribution in [3.8, 4) is 0 Å². The lowest BCUT2D eigenvalue weighted by atomic mass is 10.2. The van der Waals surface area contributed by atoms with Gasteiger partial charge in [0.05, 0.1) is 23.9 Å². The van der Waals surface area contributed by atoms with Crippen LogP contribution in [0.3, 0.4) is 0 Å². The Morgan fingerprint density at radius 1 is 1.36 bits per heavy atom. The Balaban J connectivity index is 1.88. The van der Waals surface area contributed by atoms with Gasteiger partial charge in [-0.3, -0.25) is 9.36 Å². The number of esters is 1. The summed E-state index contributed by atoms with van der Waals surface area (Å²) in [6.07, 6.45) is 4.03. The van der Waals surface area contributed by atoms with Gasteiger partial charge in [0, 0.05) is 18.5 Å². The average molecular weight is 321 g/mol. The molecule has 22 heavy (non-hydrogen) atoms. The average Bonchev–Trinajstić information content (AvgIpc) is 3.16. The van der Waals surface area contributed by atoms with Gasteiger partial charge >= 0.3 is 5.97 Å². The summed E-state index contributed by atoms with van der Waals surface area (Å²) in [5.41, 5.74) is 0.170. The summed E-state index contributed by atoms with van der Waals surface area (Å²) >= 11 is 1.30. The van der Waals surface area contributed by atoms with Gasteiger partial charge < -0.3 is 9.64 Å². The van der Waals surface area contributed by atoms with E-state index >= 15 is 0 Å². The summed E-state index contributed by atoms with van der Waals surface area (Å²) in [7, 11) is 0. The molecule has 1 aliphatic rings. The largest absolute Gasteiger partial charge is 0.462 e. The Labute approximate surface area is 132 Å². The lowest BCUT2D eigenvalue weighted by Gasteiger charge is -2.15. The maximum absolute atomic E-state index is 12.6. The molecular weight excluding hydrogens is 302 g/mol. The third-order valence-corrected chi connectivity index (χ3v) is 4.80. The molecule has 1 fully saturated rings. The highest BCUT2D eigenvalue weighted by Crippen LogP contribution is 2.21. The first-order valence-electron chi connectivity index (χ1n) is 7.57. The molecule has 0 aliphatic carbocycles. The van der Waals surface area contributed by atoms with E-state index in [1.165, 1.54) is 24.2 Å². The fourth-order valence-corrected chi connectivity index (χ4v) is 3.61.